The third kappa shape index (κ3) is 4.34. The van der Waals surface area contributed by atoms with Crippen LogP contribution < -0.4 is 5.32 Å². The molecule has 0 rings (SSSR count). The minimum Gasteiger partial charge on any atom is -0.378 e. The SMILES string of the molecule is CCC(COC(C)C)C(=O)NC. The van der Waals surface area contributed by atoms with E-state index in [0.29, 0.717) is 6.61 Å². The smallest absolute Gasteiger partial charge is 0.225 e. The maximum Gasteiger partial charge on any atom is 0.225 e. The van der Waals surface area contributed by atoms with Crippen molar-refractivity contribution in [2.45, 2.75) is 33.3 Å². The number of amides is 1. The second-order valence-electron chi connectivity index (χ2n) is 3.10. The first-order chi connectivity index (χ1) is 5.61. The molecule has 0 aliphatic carbocycles. The molecule has 1 amide bonds. The van der Waals surface area contributed by atoms with Crippen LogP contribution in [0, 0.1) is 5.92 Å². The van der Waals surface area contributed by atoms with Gasteiger partial charge in [-0.2, -0.15) is 0 Å². The van der Waals surface area contributed by atoms with Gasteiger partial charge in [-0.3, -0.25) is 4.79 Å². The van der Waals surface area contributed by atoms with Crippen molar-refractivity contribution in [1.82, 2.24) is 5.32 Å². The molecule has 0 fully saturated rings. The van der Waals surface area contributed by atoms with Crippen molar-refractivity contribution in [1.29, 1.82) is 0 Å². The van der Waals surface area contributed by atoms with Crippen molar-refractivity contribution in [3.63, 3.8) is 0 Å². The maximum absolute atomic E-state index is 11.2. The van der Waals surface area contributed by atoms with Gasteiger partial charge in [-0.25, -0.2) is 0 Å². The predicted octanol–water partition coefficient (Wildman–Crippen LogP) is 1.18. The molecular weight excluding hydrogens is 154 g/mol. The lowest BCUT2D eigenvalue weighted by Gasteiger charge is -2.15. The number of rotatable bonds is 5. The van der Waals surface area contributed by atoms with Gasteiger partial charge in [0.25, 0.3) is 0 Å². The van der Waals surface area contributed by atoms with Gasteiger partial charge >= 0.3 is 0 Å². The number of hydrogen-bond acceptors (Lipinski definition) is 2. The molecule has 1 unspecified atom stereocenters. The Labute approximate surface area is 74.5 Å². The highest BCUT2D eigenvalue weighted by Gasteiger charge is 2.14. The Morgan fingerprint density at radius 2 is 2.08 bits per heavy atom. The fourth-order valence-electron chi connectivity index (χ4n) is 0.892. The molecule has 3 nitrogen and oxygen atoms in total. The highest BCUT2D eigenvalue weighted by atomic mass is 16.5. The molecule has 0 aromatic heterocycles. The summed E-state index contributed by atoms with van der Waals surface area (Å²) in [7, 11) is 1.65. The summed E-state index contributed by atoms with van der Waals surface area (Å²) in [6.07, 6.45) is 1.02. The summed E-state index contributed by atoms with van der Waals surface area (Å²) in [5, 5.41) is 2.62. The summed E-state index contributed by atoms with van der Waals surface area (Å²) in [5.41, 5.74) is 0. The Morgan fingerprint density at radius 1 is 1.50 bits per heavy atom. The molecular formula is C9H19NO2. The number of carbonyl (C=O) groups is 1. The molecule has 0 aromatic rings. The van der Waals surface area contributed by atoms with E-state index in [-0.39, 0.29) is 17.9 Å². The highest BCUT2D eigenvalue weighted by molar-refractivity contribution is 5.78. The molecule has 0 aliphatic heterocycles. The van der Waals surface area contributed by atoms with Gasteiger partial charge in [0.2, 0.25) is 5.91 Å². The van der Waals surface area contributed by atoms with Gasteiger partial charge in [-0.05, 0) is 20.3 Å². The molecule has 0 saturated heterocycles. The second kappa shape index (κ2) is 6.00. The second-order valence-corrected chi connectivity index (χ2v) is 3.10. The zero-order valence-corrected chi connectivity index (χ0v) is 8.39. The van der Waals surface area contributed by atoms with Crippen LogP contribution in [0.2, 0.25) is 0 Å². The van der Waals surface area contributed by atoms with Crippen molar-refractivity contribution in [3.05, 3.63) is 0 Å². The van der Waals surface area contributed by atoms with E-state index in [4.69, 9.17) is 4.74 Å². The fourth-order valence-corrected chi connectivity index (χ4v) is 0.892. The van der Waals surface area contributed by atoms with Crippen molar-refractivity contribution in [3.8, 4) is 0 Å². The van der Waals surface area contributed by atoms with Gasteiger partial charge in [0.15, 0.2) is 0 Å². The number of ether oxygens (including phenoxy) is 1. The summed E-state index contributed by atoms with van der Waals surface area (Å²) in [6, 6.07) is 0. The molecule has 3 heteroatoms. The minimum absolute atomic E-state index is 0.00241. The van der Waals surface area contributed by atoms with E-state index < -0.39 is 0 Å². The molecule has 1 N–H and O–H groups in total. The van der Waals surface area contributed by atoms with Crippen molar-refractivity contribution in [2.24, 2.45) is 5.92 Å². The summed E-state index contributed by atoms with van der Waals surface area (Å²) in [4.78, 5) is 11.2. The van der Waals surface area contributed by atoms with Gasteiger partial charge in [0.1, 0.15) is 0 Å². The molecule has 0 heterocycles. The number of nitrogens with one attached hydrogen (secondary N) is 1. The van der Waals surface area contributed by atoms with Crippen LogP contribution in [0.5, 0.6) is 0 Å². The average Bonchev–Trinajstić information content (AvgIpc) is 2.04. The Balaban J connectivity index is 3.75. The van der Waals surface area contributed by atoms with E-state index in [2.05, 4.69) is 5.32 Å². The Hall–Kier alpha value is -0.570. The van der Waals surface area contributed by atoms with Crippen LogP contribution in [0.3, 0.4) is 0 Å². The van der Waals surface area contributed by atoms with Crippen LogP contribution in [-0.2, 0) is 9.53 Å². The molecule has 0 spiro atoms. The standard InChI is InChI=1S/C9H19NO2/c1-5-8(9(11)10-4)6-12-7(2)3/h7-8H,5-6H2,1-4H3,(H,10,11). The highest BCUT2D eigenvalue weighted by Crippen LogP contribution is 2.04. The van der Waals surface area contributed by atoms with E-state index in [1.54, 1.807) is 7.05 Å². The zero-order chi connectivity index (χ0) is 9.56. The molecule has 72 valence electrons. The molecule has 0 aromatic carbocycles. The monoisotopic (exact) mass is 173 g/mol. The normalized spacial score (nSPS) is 13.1. The summed E-state index contributed by atoms with van der Waals surface area (Å²) in [5.74, 6) is 0.0653. The van der Waals surface area contributed by atoms with Crippen molar-refractivity contribution >= 4 is 5.91 Å². The summed E-state index contributed by atoms with van der Waals surface area (Å²) < 4.78 is 5.36. The van der Waals surface area contributed by atoms with E-state index in [0.717, 1.165) is 6.42 Å². The molecule has 0 aliphatic rings. The number of carbonyl (C=O) groups excluding carboxylic acids is 1. The van der Waals surface area contributed by atoms with Gasteiger partial charge in [-0.1, -0.05) is 6.92 Å². The van der Waals surface area contributed by atoms with Crippen LogP contribution in [0.25, 0.3) is 0 Å². The van der Waals surface area contributed by atoms with Crippen molar-refractivity contribution < 1.29 is 9.53 Å². The van der Waals surface area contributed by atoms with E-state index in [9.17, 15) is 4.79 Å². The first-order valence-electron chi connectivity index (χ1n) is 4.45. The lowest BCUT2D eigenvalue weighted by molar-refractivity contribution is -0.127. The van der Waals surface area contributed by atoms with Crippen molar-refractivity contribution in [2.75, 3.05) is 13.7 Å². The molecule has 0 bridgehead atoms. The Bertz CT molecular complexity index is 134. The fraction of sp³-hybridized carbons (Fsp3) is 0.889. The lowest BCUT2D eigenvalue weighted by atomic mass is 10.1. The lowest BCUT2D eigenvalue weighted by Crippen LogP contribution is -2.30. The predicted molar refractivity (Wildman–Crippen MR) is 48.9 cm³/mol. The third-order valence-electron chi connectivity index (χ3n) is 1.74. The third-order valence-corrected chi connectivity index (χ3v) is 1.74. The minimum atomic E-state index is -0.00241. The summed E-state index contributed by atoms with van der Waals surface area (Å²) >= 11 is 0. The quantitative estimate of drug-likeness (QED) is 0.678. The maximum atomic E-state index is 11.2. The van der Waals surface area contributed by atoms with E-state index >= 15 is 0 Å². The molecule has 1 atom stereocenters. The topological polar surface area (TPSA) is 38.3 Å². The molecule has 0 radical (unpaired) electrons. The van der Waals surface area contributed by atoms with Gasteiger partial charge in [0.05, 0.1) is 18.6 Å². The van der Waals surface area contributed by atoms with Crippen LogP contribution >= 0.6 is 0 Å². The Kier molecular flexibility index (Phi) is 5.72. The van der Waals surface area contributed by atoms with E-state index in [1.807, 2.05) is 20.8 Å². The Morgan fingerprint density at radius 3 is 2.42 bits per heavy atom. The molecule has 0 saturated carbocycles. The summed E-state index contributed by atoms with van der Waals surface area (Å²) in [6.45, 7) is 6.45. The van der Waals surface area contributed by atoms with Crippen LogP contribution in [0.15, 0.2) is 0 Å². The van der Waals surface area contributed by atoms with Crippen LogP contribution in [0.4, 0.5) is 0 Å². The van der Waals surface area contributed by atoms with Crippen LogP contribution in [-0.4, -0.2) is 25.7 Å². The largest absolute Gasteiger partial charge is 0.378 e. The first-order valence-corrected chi connectivity index (χ1v) is 4.45. The molecule has 12 heavy (non-hydrogen) atoms. The average molecular weight is 173 g/mol. The van der Waals surface area contributed by atoms with E-state index in [1.165, 1.54) is 0 Å². The van der Waals surface area contributed by atoms with Gasteiger partial charge in [-0.15, -0.1) is 0 Å². The van der Waals surface area contributed by atoms with Gasteiger partial charge < -0.3 is 10.1 Å². The van der Waals surface area contributed by atoms with Gasteiger partial charge in [0, 0.05) is 7.05 Å². The zero-order valence-electron chi connectivity index (χ0n) is 8.39. The first kappa shape index (κ1) is 11.4. The number of hydrogen-bond donors (Lipinski definition) is 1. The van der Waals surface area contributed by atoms with Crippen LogP contribution in [0.1, 0.15) is 27.2 Å².